The Balaban J connectivity index is 0.00000420. The molecule has 0 aliphatic rings. The van der Waals surface area contributed by atoms with Crippen LogP contribution in [0.25, 0.3) is 0 Å². The second-order valence-corrected chi connectivity index (χ2v) is 6.41. The highest BCUT2D eigenvalue weighted by Gasteiger charge is 2.12. The summed E-state index contributed by atoms with van der Waals surface area (Å²) in [5.41, 5.74) is 2.22. The van der Waals surface area contributed by atoms with Gasteiger partial charge in [0.15, 0.2) is 17.5 Å². The summed E-state index contributed by atoms with van der Waals surface area (Å²) >= 11 is 0. The van der Waals surface area contributed by atoms with Crippen molar-refractivity contribution >= 4 is 29.9 Å². The van der Waals surface area contributed by atoms with E-state index in [-0.39, 0.29) is 24.0 Å². The molecule has 0 fully saturated rings. The summed E-state index contributed by atoms with van der Waals surface area (Å²) in [6.45, 7) is 6.28. The monoisotopic (exact) mass is 513 g/mol. The highest BCUT2D eigenvalue weighted by Crippen LogP contribution is 2.34. The molecule has 1 atom stereocenters. The van der Waals surface area contributed by atoms with Gasteiger partial charge in [0, 0.05) is 24.7 Å². The first kappa shape index (κ1) is 24.9. The third-order valence-electron chi connectivity index (χ3n) is 4.48. The molecular weight excluding hydrogens is 481 g/mol. The standard InChI is InChI=1S/C22H31N3O3.HI/c1-6-23-22(24-14-16(2)17-10-8-7-9-11-17)25-15-18-12-20(27-4)21(28-5)13-19(18)26-3;/h7-13,16H,6,14-15H2,1-5H3,(H2,23,24,25);1H. The number of aliphatic imine (C=N–C) groups is 1. The van der Waals surface area contributed by atoms with Crippen LogP contribution in [0.3, 0.4) is 0 Å². The minimum atomic E-state index is 0. The molecule has 0 aliphatic carbocycles. The van der Waals surface area contributed by atoms with Crippen molar-refractivity contribution in [1.82, 2.24) is 10.6 Å². The van der Waals surface area contributed by atoms with Crippen molar-refractivity contribution in [2.24, 2.45) is 4.99 Å². The lowest BCUT2D eigenvalue weighted by molar-refractivity contribution is 0.347. The van der Waals surface area contributed by atoms with Crippen molar-refractivity contribution in [2.45, 2.75) is 26.3 Å². The Bertz CT molecular complexity index is 769. The van der Waals surface area contributed by atoms with Crippen LogP contribution in [-0.2, 0) is 6.54 Å². The van der Waals surface area contributed by atoms with Crippen LogP contribution in [0, 0.1) is 0 Å². The maximum atomic E-state index is 5.49. The minimum absolute atomic E-state index is 0. The Labute approximate surface area is 191 Å². The summed E-state index contributed by atoms with van der Waals surface area (Å²) in [6, 6.07) is 14.2. The van der Waals surface area contributed by atoms with E-state index in [0.29, 0.717) is 24.0 Å². The molecule has 0 radical (unpaired) electrons. The Morgan fingerprint density at radius 2 is 1.55 bits per heavy atom. The molecule has 0 bridgehead atoms. The van der Waals surface area contributed by atoms with Gasteiger partial charge in [0.05, 0.1) is 27.9 Å². The molecular formula is C22H32IN3O3. The van der Waals surface area contributed by atoms with Crippen molar-refractivity contribution in [2.75, 3.05) is 34.4 Å². The first-order valence-electron chi connectivity index (χ1n) is 9.48. The first-order chi connectivity index (χ1) is 13.6. The summed E-state index contributed by atoms with van der Waals surface area (Å²) in [7, 11) is 4.86. The zero-order valence-electron chi connectivity index (χ0n) is 17.8. The summed E-state index contributed by atoms with van der Waals surface area (Å²) in [4.78, 5) is 4.71. The number of halogens is 1. The largest absolute Gasteiger partial charge is 0.496 e. The number of nitrogens with zero attached hydrogens (tertiary/aromatic N) is 1. The van der Waals surface area contributed by atoms with Crippen LogP contribution in [0.5, 0.6) is 17.2 Å². The van der Waals surface area contributed by atoms with Gasteiger partial charge >= 0.3 is 0 Å². The van der Waals surface area contributed by atoms with Gasteiger partial charge in [-0.05, 0) is 24.5 Å². The van der Waals surface area contributed by atoms with Gasteiger partial charge in [-0.25, -0.2) is 4.99 Å². The number of nitrogens with one attached hydrogen (secondary N) is 2. The summed E-state index contributed by atoms with van der Waals surface area (Å²) in [6.07, 6.45) is 0. The number of ether oxygens (including phenoxy) is 3. The average Bonchev–Trinajstić information content (AvgIpc) is 2.75. The molecule has 0 saturated heterocycles. The van der Waals surface area contributed by atoms with E-state index in [1.54, 1.807) is 21.3 Å². The highest BCUT2D eigenvalue weighted by molar-refractivity contribution is 14.0. The second-order valence-electron chi connectivity index (χ2n) is 6.41. The van der Waals surface area contributed by atoms with Gasteiger partial charge in [-0.1, -0.05) is 37.3 Å². The normalized spacial score (nSPS) is 11.8. The molecule has 7 heteroatoms. The van der Waals surface area contributed by atoms with Crippen LogP contribution >= 0.6 is 24.0 Å². The molecule has 1 unspecified atom stereocenters. The van der Waals surface area contributed by atoms with Gasteiger partial charge in [-0.3, -0.25) is 0 Å². The molecule has 2 aromatic rings. The fourth-order valence-electron chi connectivity index (χ4n) is 2.87. The number of benzene rings is 2. The second kappa shape index (κ2) is 13.1. The highest BCUT2D eigenvalue weighted by atomic mass is 127. The van der Waals surface area contributed by atoms with Gasteiger partial charge in [0.2, 0.25) is 0 Å². The Morgan fingerprint density at radius 1 is 0.931 bits per heavy atom. The van der Waals surface area contributed by atoms with Gasteiger partial charge in [0.1, 0.15) is 5.75 Å². The van der Waals surface area contributed by atoms with Crippen LogP contribution in [0.2, 0.25) is 0 Å². The topological polar surface area (TPSA) is 64.1 Å². The molecule has 0 amide bonds. The maximum Gasteiger partial charge on any atom is 0.191 e. The van der Waals surface area contributed by atoms with Crippen LogP contribution in [0.4, 0.5) is 0 Å². The van der Waals surface area contributed by atoms with E-state index in [1.165, 1.54) is 5.56 Å². The van der Waals surface area contributed by atoms with E-state index in [2.05, 4.69) is 48.7 Å². The number of guanidine groups is 1. The van der Waals surface area contributed by atoms with Crippen LogP contribution in [0.1, 0.15) is 30.9 Å². The van der Waals surface area contributed by atoms with Crippen molar-refractivity contribution in [1.29, 1.82) is 0 Å². The Kier molecular flexibility index (Phi) is 11.3. The number of methoxy groups -OCH3 is 3. The summed E-state index contributed by atoms with van der Waals surface area (Å²) in [5.74, 6) is 3.15. The minimum Gasteiger partial charge on any atom is -0.496 e. The quantitative estimate of drug-likeness (QED) is 0.299. The van der Waals surface area contributed by atoms with E-state index in [4.69, 9.17) is 19.2 Å². The molecule has 0 aromatic heterocycles. The van der Waals surface area contributed by atoms with E-state index in [0.717, 1.165) is 30.4 Å². The van der Waals surface area contributed by atoms with Crippen LogP contribution in [-0.4, -0.2) is 40.4 Å². The van der Waals surface area contributed by atoms with Gasteiger partial charge in [-0.15, -0.1) is 24.0 Å². The molecule has 29 heavy (non-hydrogen) atoms. The van der Waals surface area contributed by atoms with Gasteiger partial charge in [-0.2, -0.15) is 0 Å². The van der Waals surface area contributed by atoms with Crippen molar-refractivity contribution in [3.05, 3.63) is 53.6 Å². The molecule has 2 rings (SSSR count). The third kappa shape index (κ3) is 7.30. The van der Waals surface area contributed by atoms with Crippen molar-refractivity contribution in [3.63, 3.8) is 0 Å². The lowest BCUT2D eigenvalue weighted by atomic mass is 10.0. The molecule has 0 heterocycles. The molecule has 0 aliphatic heterocycles. The lowest BCUT2D eigenvalue weighted by Gasteiger charge is -2.17. The van der Waals surface area contributed by atoms with Gasteiger partial charge < -0.3 is 24.8 Å². The maximum absolute atomic E-state index is 5.49. The predicted molar refractivity (Wildman–Crippen MR) is 129 cm³/mol. The molecule has 2 aromatic carbocycles. The molecule has 0 saturated carbocycles. The molecule has 0 spiro atoms. The summed E-state index contributed by atoms with van der Waals surface area (Å²) < 4.78 is 16.2. The predicted octanol–water partition coefficient (Wildman–Crippen LogP) is 4.19. The fourth-order valence-corrected chi connectivity index (χ4v) is 2.87. The zero-order chi connectivity index (χ0) is 20.4. The van der Waals surface area contributed by atoms with Crippen LogP contribution in [0.15, 0.2) is 47.5 Å². The van der Waals surface area contributed by atoms with Crippen molar-refractivity contribution < 1.29 is 14.2 Å². The smallest absolute Gasteiger partial charge is 0.191 e. The van der Waals surface area contributed by atoms with E-state index in [1.807, 2.05) is 18.2 Å². The van der Waals surface area contributed by atoms with E-state index in [9.17, 15) is 0 Å². The SMILES string of the molecule is CCNC(=NCc1cc(OC)c(OC)cc1OC)NCC(C)c1ccccc1.I. The third-order valence-corrected chi connectivity index (χ3v) is 4.48. The Hall–Kier alpha value is -2.16. The zero-order valence-corrected chi connectivity index (χ0v) is 20.2. The van der Waals surface area contributed by atoms with Crippen molar-refractivity contribution in [3.8, 4) is 17.2 Å². The van der Waals surface area contributed by atoms with E-state index < -0.39 is 0 Å². The lowest BCUT2D eigenvalue weighted by Crippen LogP contribution is -2.39. The van der Waals surface area contributed by atoms with Crippen LogP contribution < -0.4 is 24.8 Å². The summed E-state index contributed by atoms with van der Waals surface area (Å²) in [5, 5.41) is 6.71. The first-order valence-corrected chi connectivity index (χ1v) is 9.48. The van der Waals surface area contributed by atoms with Gasteiger partial charge in [0.25, 0.3) is 0 Å². The molecule has 2 N–H and O–H groups in total. The Morgan fingerprint density at radius 3 is 2.14 bits per heavy atom. The number of hydrogen-bond acceptors (Lipinski definition) is 4. The number of rotatable bonds is 9. The molecule has 160 valence electrons. The average molecular weight is 513 g/mol. The fraction of sp³-hybridized carbons (Fsp3) is 0.409. The molecule has 6 nitrogen and oxygen atoms in total. The number of hydrogen-bond donors (Lipinski definition) is 2. The van der Waals surface area contributed by atoms with E-state index >= 15 is 0 Å².